The Morgan fingerprint density at radius 2 is 1.90 bits per heavy atom. The minimum Gasteiger partial charge on any atom is -0.465 e. The number of esters is 1. The summed E-state index contributed by atoms with van der Waals surface area (Å²) in [5.41, 5.74) is 4.20. The fourth-order valence-corrected chi connectivity index (χ4v) is 5.26. The van der Waals surface area contributed by atoms with Gasteiger partial charge in [-0.05, 0) is 55.1 Å². The molecule has 0 aliphatic heterocycles. The van der Waals surface area contributed by atoms with Crippen LogP contribution in [0.3, 0.4) is 0 Å². The number of aryl methyl sites for hydroxylation is 2. The summed E-state index contributed by atoms with van der Waals surface area (Å²) >= 11 is 1.54. The van der Waals surface area contributed by atoms with Crippen LogP contribution in [0, 0.1) is 18.3 Å². The summed E-state index contributed by atoms with van der Waals surface area (Å²) in [6.45, 7) is 8.86. The zero-order valence-corrected chi connectivity index (χ0v) is 18.9. The average molecular weight is 414 g/mol. The van der Waals surface area contributed by atoms with E-state index in [2.05, 4.69) is 50.4 Å². The van der Waals surface area contributed by atoms with Crippen LogP contribution in [0.15, 0.2) is 24.3 Å². The number of ether oxygens (including phenoxy) is 1. The van der Waals surface area contributed by atoms with Crippen LogP contribution in [0.5, 0.6) is 0 Å². The molecule has 0 bridgehead atoms. The van der Waals surface area contributed by atoms with Crippen LogP contribution in [-0.2, 0) is 28.8 Å². The lowest BCUT2D eigenvalue weighted by molar-refractivity contribution is -0.116. The van der Waals surface area contributed by atoms with Gasteiger partial charge in [0.2, 0.25) is 5.91 Å². The number of benzene rings is 1. The third kappa shape index (κ3) is 5.08. The van der Waals surface area contributed by atoms with Gasteiger partial charge in [0.05, 0.1) is 12.7 Å². The van der Waals surface area contributed by atoms with Crippen molar-refractivity contribution < 1.29 is 14.3 Å². The van der Waals surface area contributed by atoms with Crippen LogP contribution < -0.4 is 5.32 Å². The SMILES string of the molecule is COC(=O)c1c(NC(=O)CCc2ccc(C)cc2)sc2c1CCC(C(C)(C)C)C2. The lowest BCUT2D eigenvalue weighted by atomic mass is 9.72. The molecule has 1 amide bonds. The van der Waals surface area contributed by atoms with E-state index in [-0.39, 0.29) is 17.3 Å². The summed E-state index contributed by atoms with van der Waals surface area (Å²) in [6.07, 6.45) is 3.93. The first-order valence-corrected chi connectivity index (χ1v) is 11.1. The smallest absolute Gasteiger partial charge is 0.341 e. The molecule has 1 aliphatic carbocycles. The van der Waals surface area contributed by atoms with Gasteiger partial charge < -0.3 is 10.1 Å². The van der Waals surface area contributed by atoms with Crippen molar-refractivity contribution in [2.45, 2.75) is 59.8 Å². The van der Waals surface area contributed by atoms with E-state index < -0.39 is 0 Å². The van der Waals surface area contributed by atoms with Gasteiger partial charge in [-0.3, -0.25) is 4.79 Å². The summed E-state index contributed by atoms with van der Waals surface area (Å²) in [4.78, 5) is 26.3. The quantitative estimate of drug-likeness (QED) is 0.652. The molecule has 1 unspecified atom stereocenters. The summed E-state index contributed by atoms with van der Waals surface area (Å²) in [6, 6.07) is 8.22. The van der Waals surface area contributed by atoms with Crippen molar-refractivity contribution in [2.75, 3.05) is 12.4 Å². The Kier molecular flexibility index (Phi) is 6.47. The van der Waals surface area contributed by atoms with E-state index in [0.29, 0.717) is 29.3 Å². The topological polar surface area (TPSA) is 55.4 Å². The minimum atomic E-state index is -0.356. The summed E-state index contributed by atoms with van der Waals surface area (Å²) in [5.74, 6) is 0.150. The number of carbonyl (C=O) groups excluding carboxylic acids is 2. The predicted octanol–water partition coefficient (Wildman–Crippen LogP) is 5.57. The van der Waals surface area contributed by atoms with Gasteiger partial charge >= 0.3 is 5.97 Å². The van der Waals surface area contributed by atoms with Crippen molar-refractivity contribution in [1.29, 1.82) is 0 Å². The number of hydrogen-bond acceptors (Lipinski definition) is 4. The van der Waals surface area contributed by atoms with Crippen molar-refractivity contribution in [1.82, 2.24) is 0 Å². The Hall–Kier alpha value is -2.14. The Bertz CT molecular complexity index is 890. The molecule has 29 heavy (non-hydrogen) atoms. The molecule has 0 saturated carbocycles. The first-order chi connectivity index (χ1) is 13.7. The average Bonchev–Trinajstić information content (AvgIpc) is 3.03. The van der Waals surface area contributed by atoms with E-state index in [4.69, 9.17) is 4.74 Å². The van der Waals surface area contributed by atoms with Gasteiger partial charge in [0.15, 0.2) is 0 Å². The molecule has 0 fully saturated rings. The molecule has 156 valence electrons. The molecule has 1 atom stereocenters. The molecule has 1 heterocycles. The number of nitrogens with one attached hydrogen (secondary N) is 1. The highest BCUT2D eigenvalue weighted by Crippen LogP contribution is 2.44. The molecule has 0 spiro atoms. The number of methoxy groups -OCH3 is 1. The monoisotopic (exact) mass is 413 g/mol. The minimum absolute atomic E-state index is 0.0679. The van der Waals surface area contributed by atoms with Gasteiger partial charge in [0, 0.05) is 11.3 Å². The summed E-state index contributed by atoms with van der Waals surface area (Å²) in [7, 11) is 1.40. The van der Waals surface area contributed by atoms with E-state index >= 15 is 0 Å². The van der Waals surface area contributed by atoms with E-state index in [1.807, 2.05) is 6.92 Å². The van der Waals surface area contributed by atoms with Crippen LogP contribution >= 0.6 is 11.3 Å². The third-order valence-electron chi connectivity index (χ3n) is 5.89. The molecule has 2 aromatic rings. The van der Waals surface area contributed by atoms with Crippen LogP contribution in [0.1, 0.15) is 65.5 Å². The number of thiophene rings is 1. The number of fused-ring (bicyclic) bond motifs is 1. The molecule has 5 heteroatoms. The number of amides is 1. The summed E-state index contributed by atoms with van der Waals surface area (Å²) < 4.78 is 5.03. The number of anilines is 1. The van der Waals surface area contributed by atoms with E-state index in [1.165, 1.54) is 17.6 Å². The number of rotatable bonds is 5. The Balaban J connectivity index is 1.76. The molecule has 4 nitrogen and oxygen atoms in total. The first-order valence-electron chi connectivity index (χ1n) is 10.3. The van der Waals surface area contributed by atoms with Crippen LogP contribution in [0.2, 0.25) is 0 Å². The first kappa shape index (κ1) is 21.6. The molecule has 0 saturated heterocycles. The second-order valence-electron chi connectivity index (χ2n) is 9.04. The molecular weight excluding hydrogens is 382 g/mol. The lowest BCUT2D eigenvalue weighted by Gasteiger charge is -2.33. The lowest BCUT2D eigenvalue weighted by Crippen LogP contribution is -2.26. The van der Waals surface area contributed by atoms with E-state index in [1.54, 1.807) is 11.3 Å². The van der Waals surface area contributed by atoms with Gasteiger partial charge in [0.25, 0.3) is 0 Å². The number of hydrogen-bond donors (Lipinski definition) is 1. The third-order valence-corrected chi connectivity index (χ3v) is 7.06. The largest absolute Gasteiger partial charge is 0.465 e. The predicted molar refractivity (Wildman–Crippen MR) is 119 cm³/mol. The zero-order valence-electron chi connectivity index (χ0n) is 18.1. The van der Waals surface area contributed by atoms with Gasteiger partial charge in [-0.2, -0.15) is 0 Å². The number of carbonyl (C=O) groups is 2. The molecule has 1 aromatic heterocycles. The second-order valence-corrected chi connectivity index (χ2v) is 10.1. The molecule has 3 rings (SSSR count). The highest BCUT2D eigenvalue weighted by atomic mass is 32.1. The van der Waals surface area contributed by atoms with Gasteiger partial charge in [-0.1, -0.05) is 50.6 Å². The van der Waals surface area contributed by atoms with Crippen molar-refractivity contribution in [2.24, 2.45) is 11.3 Å². The Labute approximate surface area is 177 Å². The van der Waals surface area contributed by atoms with Crippen molar-refractivity contribution in [3.63, 3.8) is 0 Å². The maximum Gasteiger partial charge on any atom is 0.341 e. The van der Waals surface area contributed by atoms with Gasteiger partial charge in [0.1, 0.15) is 5.00 Å². The molecule has 0 radical (unpaired) electrons. The van der Waals surface area contributed by atoms with Crippen molar-refractivity contribution >= 4 is 28.2 Å². The maximum atomic E-state index is 12.6. The summed E-state index contributed by atoms with van der Waals surface area (Å²) in [5, 5.41) is 3.64. The molecular formula is C24H31NO3S. The fraction of sp³-hybridized carbons (Fsp3) is 0.500. The highest BCUT2D eigenvalue weighted by Gasteiger charge is 2.34. The van der Waals surface area contributed by atoms with Crippen molar-refractivity contribution in [3.8, 4) is 0 Å². The van der Waals surface area contributed by atoms with Crippen LogP contribution in [0.25, 0.3) is 0 Å². The fourth-order valence-electron chi connectivity index (χ4n) is 3.93. The Morgan fingerprint density at radius 3 is 2.52 bits per heavy atom. The van der Waals surface area contributed by atoms with E-state index in [9.17, 15) is 9.59 Å². The molecule has 1 N–H and O–H groups in total. The maximum absolute atomic E-state index is 12.6. The normalized spacial score (nSPS) is 16.2. The zero-order chi connectivity index (χ0) is 21.2. The second kappa shape index (κ2) is 8.70. The van der Waals surface area contributed by atoms with Crippen LogP contribution in [-0.4, -0.2) is 19.0 Å². The Morgan fingerprint density at radius 1 is 1.21 bits per heavy atom. The van der Waals surface area contributed by atoms with Crippen LogP contribution in [0.4, 0.5) is 5.00 Å². The van der Waals surface area contributed by atoms with Gasteiger partial charge in [-0.15, -0.1) is 11.3 Å². The van der Waals surface area contributed by atoms with Crippen molar-refractivity contribution in [3.05, 3.63) is 51.4 Å². The standard InChI is InChI=1S/C24H31NO3S/c1-15-6-8-16(9-7-15)10-13-20(26)25-22-21(23(27)28-5)18-12-11-17(24(2,3)4)14-19(18)29-22/h6-9,17H,10-14H2,1-5H3,(H,25,26). The van der Waals surface area contributed by atoms with E-state index in [0.717, 1.165) is 30.4 Å². The molecule has 1 aliphatic rings. The molecule has 1 aromatic carbocycles. The van der Waals surface area contributed by atoms with Gasteiger partial charge in [-0.25, -0.2) is 4.79 Å². The highest BCUT2D eigenvalue weighted by molar-refractivity contribution is 7.17.